The van der Waals surface area contributed by atoms with E-state index in [1.165, 1.54) is 0 Å². The Bertz CT molecular complexity index is 546. The fourth-order valence-corrected chi connectivity index (χ4v) is 2.99. The normalized spacial score (nSPS) is 13.0. The van der Waals surface area contributed by atoms with Crippen LogP contribution in [-0.2, 0) is 23.9 Å². The molecule has 6 nitrogen and oxygen atoms in total. The van der Waals surface area contributed by atoms with E-state index in [2.05, 4.69) is 15.7 Å². The maximum atomic E-state index is 11.9. The van der Waals surface area contributed by atoms with Crippen LogP contribution in [0.3, 0.4) is 0 Å². The lowest BCUT2D eigenvalue weighted by Gasteiger charge is -2.17. The lowest BCUT2D eigenvalue weighted by molar-refractivity contribution is 0.241. The molecule has 0 saturated carbocycles. The molecule has 0 spiro atoms. The first-order valence-corrected chi connectivity index (χ1v) is 8.91. The smallest absolute Gasteiger partial charge is 0.315 e. The zero-order valence-corrected chi connectivity index (χ0v) is 15.3. The Morgan fingerprint density at radius 2 is 1.91 bits per heavy atom. The van der Waals surface area contributed by atoms with Crippen LogP contribution in [0.15, 0.2) is 0 Å². The van der Waals surface area contributed by atoms with Crippen LogP contribution in [0.2, 0.25) is 0 Å². The van der Waals surface area contributed by atoms with Crippen molar-refractivity contribution in [2.75, 3.05) is 12.3 Å². The van der Waals surface area contributed by atoms with Crippen LogP contribution in [0.1, 0.15) is 44.6 Å². The molecule has 1 atom stereocenters. The molecular formula is C15H28N4O2S. The number of carbonyl (C=O) groups is 1. The average molecular weight is 328 g/mol. The van der Waals surface area contributed by atoms with Gasteiger partial charge in [-0.15, -0.1) is 0 Å². The highest BCUT2D eigenvalue weighted by Crippen LogP contribution is 2.12. The van der Waals surface area contributed by atoms with E-state index in [0.717, 1.165) is 23.5 Å². The number of aryl methyl sites for hydroxylation is 2. The zero-order valence-electron chi connectivity index (χ0n) is 14.4. The number of aromatic nitrogens is 2. The molecular weight excluding hydrogens is 300 g/mol. The molecule has 0 aliphatic rings. The molecule has 22 heavy (non-hydrogen) atoms. The van der Waals surface area contributed by atoms with Crippen LogP contribution in [0.25, 0.3) is 0 Å². The largest absolute Gasteiger partial charge is 0.337 e. The summed E-state index contributed by atoms with van der Waals surface area (Å²) in [5.41, 5.74) is 3.07. The molecule has 7 heteroatoms. The Hall–Kier alpha value is -1.37. The third kappa shape index (κ3) is 5.12. The van der Waals surface area contributed by atoms with Crippen molar-refractivity contribution in [3.63, 3.8) is 0 Å². The van der Waals surface area contributed by atoms with Crippen molar-refractivity contribution in [1.29, 1.82) is 0 Å². The quantitative estimate of drug-likeness (QED) is 0.837. The van der Waals surface area contributed by atoms with Gasteiger partial charge in [0.2, 0.25) is 0 Å². The van der Waals surface area contributed by atoms with Crippen LogP contribution in [-0.4, -0.2) is 37.1 Å². The van der Waals surface area contributed by atoms with Gasteiger partial charge >= 0.3 is 6.03 Å². The fraction of sp³-hybridized carbons (Fsp3) is 0.733. The topological polar surface area (TPSA) is 76.0 Å². The van der Waals surface area contributed by atoms with Gasteiger partial charge in [-0.2, -0.15) is 5.10 Å². The van der Waals surface area contributed by atoms with Crippen LogP contribution in [0.5, 0.6) is 0 Å². The van der Waals surface area contributed by atoms with E-state index in [0.29, 0.717) is 18.8 Å². The summed E-state index contributed by atoms with van der Waals surface area (Å²) < 4.78 is 13.6. The minimum Gasteiger partial charge on any atom is -0.337 e. The van der Waals surface area contributed by atoms with E-state index in [-0.39, 0.29) is 10.8 Å². The van der Waals surface area contributed by atoms with Crippen molar-refractivity contribution in [3.8, 4) is 0 Å². The monoisotopic (exact) mass is 328 g/mol. The second-order valence-corrected chi connectivity index (χ2v) is 8.56. The summed E-state index contributed by atoms with van der Waals surface area (Å²) in [6.45, 7) is 13.5. The standard InChI is InChI=1S/C15H28N4O2S/c1-7-19-12(3)13(11(2)18-19)10-17-14(20)16-8-9-22(21)15(4,5)6/h7-10H2,1-6H3,(H2,16,17,20)/t22-/m1/s1. The minimum absolute atomic E-state index is 0.242. The Kier molecular flexibility index (Phi) is 6.59. The van der Waals surface area contributed by atoms with Crippen molar-refractivity contribution >= 4 is 16.8 Å². The van der Waals surface area contributed by atoms with Gasteiger partial charge in [-0.1, -0.05) is 0 Å². The van der Waals surface area contributed by atoms with Crippen LogP contribution < -0.4 is 10.6 Å². The van der Waals surface area contributed by atoms with Gasteiger partial charge in [-0.25, -0.2) is 4.79 Å². The minimum atomic E-state index is -0.955. The van der Waals surface area contributed by atoms with Crippen LogP contribution >= 0.6 is 0 Å². The molecule has 1 aromatic heterocycles. The molecule has 2 amide bonds. The van der Waals surface area contributed by atoms with Crippen LogP contribution in [0.4, 0.5) is 4.79 Å². The second kappa shape index (κ2) is 7.76. The molecule has 0 saturated heterocycles. The summed E-state index contributed by atoms with van der Waals surface area (Å²) in [7, 11) is -0.955. The Labute approximate surface area is 135 Å². The number of urea groups is 1. The molecule has 1 aromatic rings. The molecule has 0 radical (unpaired) electrons. The van der Waals surface area contributed by atoms with E-state index in [4.69, 9.17) is 0 Å². The summed E-state index contributed by atoms with van der Waals surface area (Å²) in [6, 6.07) is -0.242. The molecule has 0 aromatic carbocycles. The predicted octanol–water partition coefficient (Wildman–Crippen LogP) is 1.87. The Morgan fingerprint density at radius 1 is 1.27 bits per heavy atom. The van der Waals surface area contributed by atoms with E-state index >= 15 is 0 Å². The van der Waals surface area contributed by atoms with Crippen molar-refractivity contribution in [2.24, 2.45) is 0 Å². The first-order valence-electron chi connectivity index (χ1n) is 7.59. The maximum Gasteiger partial charge on any atom is 0.315 e. The zero-order chi connectivity index (χ0) is 16.9. The highest BCUT2D eigenvalue weighted by atomic mass is 32.2. The Balaban J connectivity index is 2.41. The molecule has 0 unspecified atom stereocenters. The average Bonchev–Trinajstić information content (AvgIpc) is 2.70. The molecule has 0 fully saturated rings. The van der Waals surface area contributed by atoms with Gasteiger partial charge in [0.05, 0.1) is 5.69 Å². The molecule has 0 bridgehead atoms. The van der Waals surface area contributed by atoms with E-state index < -0.39 is 10.8 Å². The van der Waals surface area contributed by atoms with Gasteiger partial charge < -0.3 is 10.6 Å². The highest BCUT2D eigenvalue weighted by Gasteiger charge is 2.19. The number of amides is 2. The highest BCUT2D eigenvalue weighted by molar-refractivity contribution is 7.86. The number of nitrogens with zero attached hydrogens (tertiary/aromatic N) is 2. The Morgan fingerprint density at radius 3 is 2.41 bits per heavy atom. The van der Waals surface area contributed by atoms with E-state index in [1.54, 1.807) is 0 Å². The van der Waals surface area contributed by atoms with Gasteiger partial charge in [0.15, 0.2) is 0 Å². The fourth-order valence-electron chi connectivity index (χ4n) is 2.09. The van der Waals surface area contributed by atoms with Crippen molar-refractivity contribution in [1.82, 2.24) is 20.4 Å². The lowest BCUT2D eigenvalue weighted by Crippen LogP contribution is -2.38. The number of nitrogens with one attached hydrogen (secondary N) is 2. The van der Waals surface area contributed by atoms with Crippen LogP contribution in [0, 0.1) is 13.8 Å². The molecule has 1 heterocycles. The van der Waals surface area contributed by atoms with Gasteiger partial charge in [-0.3, -0.25) is 8.89 Å². The van der Waals surface area contributed by atoms with E-state index in [1.807, 2.05) is 46.2 Å². The molecule has 1 rings (SSSR count). The maximum absolute atomic E-state index is 11.9. The number of hydrogen-bond acceptors (Lipinski definition) is 3. The first kappa shape index (κ1) is 18.7. The summed E-state index contributed by atoms with van der Waals surface area (Å²) in [6.07, 6.45) is 0. The van der Waals surface area contributed by atoms with E-state index in [9.17, 15) is 9.00 Å². The molecule has 2 N–H and O–H groups in total. The number of hydrogen-bond donors (Lipinski definition) is 2. The molecule has 126 valence electrons. The third-order valence-corrected chi connectivity index (χ3v) is 5.45. The van der Waals surface area contributed by atoms with Crippen molar-refractivity contribution < 1.29 is 9.00 Å². The van der Waals surface area contributed by atoms with Gasteiger partial charge in [0.25, 0.3) is 0 Å². The summed E-state index contributed by atoms with van der Waals surface area (Å²) in [4.78, 5) is 11.8. The summed E-state index contributed by atoms with van der Waals surface area (Å²) in [5, 5.41) is 10.00. The second-order valence-electron chi connectivity index (χ2n) is 6.24. The van der Waals surface area contributed by atoms with Crippen molar-refractivity contribution in [3.05, 3.63) is 17.0 Å². The molecule has 0 aliphatic heterocycles. The number of carbonyl (C=O) groups excluding carboxylic acids is 1. The van der Waals surface area contributed by atoms with Gasteiger partial charge in [0.1, 0.15) is 0 Å². The SMILES string of the molecule is CCn1nc(C)c(CNC(=O)NCC[S@@](=O)C(C)(C)C)c1C. The third-order valence-electron chi connectivity index (χ3n) is 3.51. The first-order chi connectivity index (χ1) is 10.2. The van der Waals surface area contributed by atoms with Gasteiger partial charge in [0, 0.05) is 52.2 Å². The number of rotatable bonds is 6. The predicted molar refractivity (Wildman–Crippen MR) is 90.4 cm³/mol. The molecule has 0 aliphatic carbocycles. The lowest BCUT2D eigenvalue weighted by atomic mass is 10.2. The summed E-state index contributed by atoms with van der Waals surface area (Å²) >= 11 is 0. The van der Waals surface area contributed by atoms with Crippen molar-refractivity contribution in [2.45, 2.75) is 59.4 Å². The summed E-state index contributed by atoms with van der Waals surface area (Å²) in [5.74, 6) is 0.461. The van der Waals surface area contributed by atoms with Gasteiger partial charge in [-0.05, 0) is 41.5 Å².